The summed E-state index contributed by atoms with van der Waals surface area (Å²) in [6, 6.07) is 6.12. The summed E-state index contributed by atoms with van der Waals surface area (Å²) in [4.78, 5) is 16.0. The van der Waals surface area contributed by atoms with E-state index in [2.05, 4.69) is 41.7 Å². The largest absolute Gasteiger partial charge is 0.477 e. The molecule has 2 aromatic rings. The highest BCUT2D eigenvalue weighted by molar-refractivity contribution is 7.13. The molecule has 0 spiro atoms. The van der Waals surface area contributed by atoms with Gasteiger partial charge < -0.3 is 9.64 Å². The van der Waals surface area contributed by atoms with Crippen LogP contribution in [-0.4, -0.2) is 33.6 Å². The summed E-state index contributed by atoms with van der Waals surface area (Å²) in [7, 11) is 0. The van der Waals surface area contributed by atoms with Crippen molar-refractivity contribution in [1.29, 1.82) is 0 Å². The van der Waals surface area contributed by atoms with Gasteiger partial charge in [-0.25, -0.2) is 9.98 Å². The van der Waals surface area contributed by atoms with Crippen LogP contribution in [0, 0.1) is 0 Å². The second kappa shape index (κ2) is 4.52. The van der Waals surface area contributed by atoms with Crippen LogP contribution in [0.3, 0.4) is 0 Å². The van der Waals surface area contributed by atoms with E-state index >= 15 is 0 Å². The molecule has 2 aliphatic heterocycles. The molecule has 1 fully saturated rings. The number of nitrogens with zero attached hydrogens (tertiary/aromatic N) is 4. The Bertz CT molecular complexity index is 713. The molecule has 0 aromatic carbocycles. The van der Waals surface area contributed by atoms with Crippen LogP contribution in [-0.2, 0) is 4.74 Å². The predicted octanol–water partition coefficient (Wildman–Crippen LogP) is 3.07. The van der Waals surface area contributed by atoms with E-state index in [9.17, 15) is 0 Å². The summed E-state index contributed by atoms with van der Waals surface area (Å²) in [5.74, 6) is 0.795. The summed E-state index contributed by atoms with van der Waals surface area (Å²) < 4.78 is 5.93. The number of pyridine rings is 1. The van der Waals surface area contributed by atoms with Gasteiger partial charge >= 0.3 is 0 Å². The third-order valence-corrected chi connectivity index (χ3v) is 4.99. The van der Waals surface area contributed by atoms with Gasteiger partial charge in [-0.05, 0) is 32.9 Å². The molecule has 5 nitrogen and oxygen atoms in total. The second-order valence-electron chi connectivity index (χ2n) is 6.51. The Kier molecular flexibility index (Phi) is 2.81. The smallest absolute Gasteiger partial charge is 0.213 e. The highest BCUT2D eigenvalue weighted by Crippen LogP contribution is 2.57. The highest BCUT2D eigenvalue weighted by atomic mass is 32.1. The summed E-state index contributed by atoms with van der Waals surface area (Å²) in [5.41, 5.74) is 0.556. The fourth-order valence-electron chi connectivity index (χ4n) is 3.05. The van der Waals surface area contributed by atoms with E-state index in [0.29, 0.717) is 6.61 Å². The molecule has 0 bridgehead atoms. The lowest BCUT2D eigenvalue weighted by atomic mass is 10.0. The van der Waals surface area contributed by atoms with Gasteiger partial charge in [-0.15, -0.1) is 11.3 Å². The van der Waals surface area contributed by atoms with Gasteiger partial charge in [-0.3, -0.25) is 4.98 Å². The van der Waals surface area contributed by atoms with Crippen LogP contribution in [0.5, 0.6) is 0 Å². The van der Waals surface area contributed by atoms with E-state index in [1.165, 1.54) is 0 Å². The quantitative estimate of drug-likeness (QED) is 0.817. The number of hydrogen-bond acceptors (Lipinski definition) is 6. The van der Waals surface area contributed by atoms with Gasteiger partial charge in [-0.2, -0.15) is 0 Å². The Hall–Kier alpha value is -1.95. The predicted molar refractivity (Wildman–Crippen MR) is 87.4 cm³/mol. The van der Waals surface area contributed by atoms with Crippen molar-refractivity contribution in [2.75, 3.05) is 11.5 Å². The first-order valence-corrected chi connectivity index (χ1v) is 8.23. The molecule has 0 radical (unpaired) electrons. The van der Waals surface area contributed by atoms with Crippen LogP contribution in [0.25, 0.3) is 0 Å². The van der Waals surface area contributed by atoms with Crippen molar-refractivity contribution in [3.63, 3.8) is 0 Å². The molecule has 4 rings (SSSR count). The summed E-state index contributed by atoms with van der Waals surface area (Å²) >= 11 is 1.63. The number of anilines is 1. The van der Waals surface area contributed by atoms with Gasteiger partial charge in [0.2, 0.25) is 5.90 Å². The van der Waals surface area contributed by atoms with Crippen LogP contribution in [0.2, 0.25) is 0 Å². The lowest BCUT2D eigenvalue weighted by Gasteiger charge is -2.10. The Morgan fingerprint density at radius 3 is 2.68 bits per heavy atom. The third kappa shape index (κ3) is 1.94. The Morgan fingerprint density at radius 1 is 1.23 bits per heavy atom. The standard InChI is InChI=1S/C16H18N4OS/c1-15(2)10-21-13(19-15)16(3)12(11-6-4-5-7-17-11)20(16)14-18-8-9-22-14/h4-9,12H,10H2,1-3H3/t12-,16-,20?/m0/s1. The maximum absolute atomic E-state index is 5.93. The second-order valence-corrected chi connectivity index (χ2v) is 7.38. The SMILES string of the molecule is CC1(C)COC([C@]2(C)[C@H](c3ccccn3)N2c2nccs2)=N1. The molecular formula is C16H18N4OS. The zero-order chi connectivity index (χ0) is 15.4. The highest BCUT2D eigenvalue weighted by Gasteiger charge is 2.67. The zero-order valence-corrected chi connectivity index (χ0v) is 13.7. The molecular weight excluding hydrogens is 296 g/mol. The van der Waals surface area contributed by atoms with Gasteiger partial charge in [0.25, 0.3) is 0 Å². The van der Waals surface area contributed by atoms with E-state index in [-0.39, 0.29) is 17.1 Å². The number of thiazole rings is 1. The number of hydrogen-bond donors (Lipinski definition) is 0. The summed E-state index contributed by atoms with van der Waals surface area (Å²) in [5, 5.41) is 2.97. The molecule has 2 aliphatic rings. The molecule has 0 aliphatic carbocycles. The van der Waals surface area contributed by atoms with Crippen LogP contribution in [0.15, 0.2) is 41.0 Å². The van der Waals surface area contributed by atoms with Crippen LogP contribution >= 0.6 is 11.3 Å². The molecule has 0 saturated carbocycles. The molecule has 114 valence electrons. The molecule has 6 heteroatoms. The average molecular weight is 314 g/mol. The van der Waals surface area contributed by atoms with Gasteiger partial charge in [0, 0.05) is 17.8 Å². The molecule has 0 amide bonds. The molecule has 2 atom stereocenters. The average Bonchev–Trinajstić information content (AvgIpc) is 2.90. The number of aliphatic imine (C=N–C) groups is 1. The van der Waals surface area contributed by atoms with E-state index in [0.717, 1.165) is 16.7 Å². The van der Waals surface area contributed by atoms with Crippen molar-refractivity contribution >= 4 is 22.4 Å². The normalized spacial score (nSPS) is 29.1. The Balaban J connectivity index is 1.76. The summed E-state index contributed by atoms with van der Waals surface area (Å²) in [6.45, 7) is 6.97. The Morgan fingerprint density at radius 2 is 2.09 bits per heavy atom. The lowest BCUT2D eigenvalue weighted by Crippen LogP contribution is -2.26. The molecule has 2 aromatic heterocycles. The molecule has 0 unspecified atom stereocenters. The van der Waals surface area contributed by atoms with Crippen LogP contribution < -0.4 is 4.90 Å². The van der Waals surface area contributed by atoms with Gasteiger partial charge in [0.15, 0.2) is 5.13 Å². The number of rotatable bonds is 3. The van der Waals surface area contributed by atoms with E-state index in [1.54, 1.807) is 11.3 Å². The van der Waals surface area contributed by atoms with Crippen LogP contribution in [0.1, 0.15) is 32.5 Å². The van der Waals surface area contributed by atoms with Crippen molar-refractivity contribution in [2.24, 2.45) is 4.99 Å². The molecule has 4 heterocycles. The first-order valence-electron chi connectivity index (χ1n) is 7.35. The third-order valence-electron chi connectivity index (χ3n) is 4.22. The van der Waals surface area contributed by atoms with Crippen molar-refractivity contribution in [2.45, 2.75) is 37.9 Å². The van der Waals surface area contributed by atoms with E-state index in [4.69, 9.17) is 9.73 Å². The molecule has 0 N–H and O–H groups in total. The topological polar surface area (TPSA) is 50.4 Å². The van der Waals surface area contributed by atoms with Crippen molar-refractivity contribution in [3.05, 3.63) is 41.7 Å². The minimum Gasteiger partial charge on any atom is -0.477 e. The van der Waals surface area contributed by atoms with Crippen molar-refractivity contribution in [3.8, 4) is 0 Å². The molecule has 22 heavy (non-hydrogen) atoms. The van der Waals surface area contributed by atoms with Gasteiger partial charge in [-0.1, -0.05) is 6.07 Å². The maximum atomic E-state index is 5.93. The van der Waals surface area contributed by atoms with E-state index in [1.807, 2.05) is 29.9 Å². The summed E-state index contributed by atoms with van der Waals surface area (Å²) in [6.07, 6.45) is 3.66. The zero-order valence-electron chi connectivity index (χ0n) is 12.9. The van der Waals surface area contributed by atoms with Crippen LogP contribution in [0.4, 0.5) is 5.13 Å². The first-order chi connectivity index (χ1) is 10.5. The van der Waals surface area contributed by atoms with E-state index < -0.39 is 0 Å². The fraction of sp³-hybridized carbons (Fsp3) is 0.438. The Labute approximate surface area is 133 Å². The number of ether oxygens (including phenoxy) is 1. The first kappa shape index (κ1) is 13.7. The van der Waals surface area contributed by atoms with Crippen molar-refractivity contribution < 1.29 is 4.74 Å². The fourth-order valence-corrected chi connectivity index (χ4v) is 3.83. The number of aromatic nitrogens is 2. The molecule has 1 saturated heterocycles. The maximum Gasteiger partial charge on any atom is 0.213 e. The van der Waals surface area contributed by atoms with Crippen molar-refractivity contribution in [1.82, 2.24) is 9.97 Å². The monoisotopic (exact) mass is 314 g/mol. The minimum atomic E-state index is -0.306. The van der Waals surface area contributed by atoms with Gasteiger partial charge in [0.05, 0.1) is 11.2 Å². The minimum absolute atomic E-state index is 0.118. The lowest BCUT2D eigenvalue weighted by molar-refractivity contribution is 0.270. The van der Waals surface area contributed by atoms with Gasteiger partial charge in [0.1, 0.15) is 18.2 Å².